The average Bonchev–Trinajstić information content (AvgIpc) is 2.86. The Balaban J connectivity index is 1.82. The number of carbonyl (C=O) groups excluding carboxylic acids is 2. The maximum Gasteiger partial charge on any atom is 0.233 e. The van der Waals surface area contributed by atoms with Crippen molar-refractivity contribution >= 4 is 40.7 Å². The van der Waals surface area contributed by atoms with Crippen molar-refractivity contribution < 1.29 is 9.59 Å². The molecular formula is C14H16Cl2N2O2. The quantitative estimate of drug-likeness (QED) is 0.837. The minimum Gasteiger partial charge on any atom is -0.353 e. The maximum atomic E-state index is 11.7. The molecule has 0 aliphatic heterocycles. The standard InChI is InChI=1S/C14H16Cl2N2O2/c15-11-6-5-10(7-12(11)16)18-14(20)8-13(19)17-9-3-1-2-4-9/h5-7,9H,1-4,8H2,(H,17,19)(H,18,20). The first kappa shape index (κ1) is 15.1. The molecule has 0 bridgehead atoms. The zero-order valence-electron chi connectivity index (χ0n) is 10.9. The normalized spacial score (nSPS) is 15.1. The van der Waals surface area contributed by atoms with Gasteiger partial charge in [-0.1, -0.05) is 36.0 Å². The van der Waals surface area contributed by atoms with Gasteiger partial charge in [-0.3, -0.25) is 9.59 Å². The number of hydrogen-bond acceptors (Lipinski definition) is 2. The molecule has 1 aromatic carbocycles. The van der Waals surface area contributed by atoms with Crippen LogP contribution in [0.4, 0.5) is 5.69 Å². The van der Waals surface area contributed by atoms with Gasteiger partial charge in [0.15, 0.2) is 0 Å². The Morgan fingerprint density at radius 1 is 1.10 bits per heavy atom. The van der Waals surface area contributed by atoms with E-state index in [-0.39, 0.29) is 24.3 Å². The van der Waals surface area contributed by atoms with E-state index in [2.05, 4.69) is 10.6 Å². The van der Waals surface area contributed by atoms with E-state index in [1.165, 1.54) is 0 Å². The first-order valence-electron chi connectivity index (χ1n) is 6.59. The van der Waals surface area contributed by atoms with Crippen molar-refractivity contribution in [3.8, 4) is 0 Å². The molecule has 0 radical (unpaired) electrons. The summed E-state index contributed by atoms with van der Waals surface area (Å²) in [4.78, 5) is 23.4. The van der Waals surface area contributed by atoms with Crippen LogP contribution in [0.25, 0.3) is 0 Å². The van der Waals surface area contributed by atoms with Gasteiger partial charge in [-0.25, -0.2) is 0 Å². The van der Waals surface area contributed by atoms with Crippen LogP contribution in [0.15, 0.2) is 18.2 Å². The SMILES string of the molecule is O=C(CC(=O)NC1CCCC1)Nc1ccc(Cl)c(Cl)c1. The van der Waals surface area contributed by atoms with Gasteiger partial charge in [0, 0.05) is 11.7 Å². The summed E-state index contributed by atoms with van der Waals surface area (Å²) < 4.78 is 0. The van der Waals surface area contributed by atoms with E-state index >= 15 is 0 Å². The van der Waals surface area contributed by atoms with Gasteiger partial charge in [0.25, 0.3) is 0 Å². The van der Waals surface area contributed by atoms with Gasteiger partial charge < -0.3 is 10.6 Å². The highest BCUT2D eigenvalue weighted by Crippen LogP contribution is 2.25. The molecule has 0 aromatic heterocycles. The van der Waals surface area contributed by atoms with E-state index < -0.39 is 0 Å². The molecule has 0 spiro atoms. The highest BCUT2D eigenvalue weighted by molar-refractivity contribution is 6.42. The molecule has 0 atom stereocenters. The van der Waals surface area contributed by atoms with Crippen molar-refractivity contribution in [2.24, 2.45) is 0 Å². The van der Waals surface area contributed by atoms with Crippen molar-refractivity contribution in [2.45, 2.75) is 38.1 Å². The van der Waals surface area contributed by atoms with Gasteiger partial charge in [-0.2, -0.15) is 0 Å². The number of amides is 2. The minimum atomic E-state index is -0.362. The van der Waals surface area contributed by atoms with Crippen LogP contribution in [0.1, 0.15) is 32.1 Å². The maximum absolute atomic E-state index is 11.7. The van der Waals surface area contributed by atoms with E-state index in [0.29, 0.717) is 15.7 Å². The molecule has 6 heteroatoms. The third kappa shape index (κ3) is 4.39. The summed E-state index contributed by atoms with van der Waals surface area (Å²) in [6.07, 6.45) is 4.10. The number of nitrogens with one attached hydrogen (secondary N) is 2. The van der Waals surface area contributed by atoms with Gasteiger partial charge >= 0.3 is 0 Å². The van der Waals surface area contributed by atoms with Gasteiger partial charge in [-0.05, 0) is 31.0 Å². The highest BCUT2D eigenvalue weighted by Gasteiger charge is 2.18. The van der Waals surface area contributed by atoms with Gasteiger partial charge in [0.05, 0.1) is 10.0 Å². The molecule has 2 rings (SSSR count). The van der Waals surface area contributed by atoms with Crippen LogP contribution in [-0.4, -0.2) is 17.9 Å². The summed E-state index contributed by atoms with van der Waals surface area (Å²) in [6.45, 7) is 0. The van der Waals surface area contributed by atoms with Crippen LogP contribution in [0.3, 0.4) is 0 Å². The lowest BCUT2D eigenvalue weighted by molar-refractivity contribution is -0.127. The Kier molecular flexibility index (Phi) is 5.26. The molecule has 2 amide bonds. The molecule has 1 aliphatic rings. The largest absolute Gasteiger partial charge is 0.353 e. The number of anilines is 1. The minimum absolute atomic E-state index is 0.184. The topological polar surface area (TPSA) is 58.2 Å². The first-order chi connectivity index (χ1) is 9.54. The van der Waals surface area contributed by atoms with Crippen LogP contribution in [-0.2, 0) is 9.59 Å². The van der Waals surface area contributed by atoms with Crippen LogP contribution in [0.2, 0.25) is 10.0 Å². The van der Waals surface area contributed by atoms with Crippen LogP contribution in [0.5, 0.6) is 0 Å². The summed E-state index contributed by atoms with van der Waals surface area (Å²) >= 11 is 11.6. The van der Waals surface area contributed by atoms with Gasteiger partial charge in [-0.15, -0.1) is 0 Å². The highest BCUT2D eigenvalue weighted by atomic mass is 35.5. The zero-order chi connectivity index (χ0) is 14.5. The Bertz CT molecular complexity index is 514. The number of hydrogen-bond donors (Lipinski definition) is 2. The number of rotatable bonds is 4. The van der Waals surface area contributed by atoms with E-state index in [1.807, 2.05) is 0 Å². The lowest BCUT2D eigenvalue weighted by atomic mass is 10.2. The predicted molar refractivity (Wildman–Crippen MR) is 80.1 cm³/mol. The van der Waals surface area contributed by atoms with E-state index in [0.717, 1.165) is 25.7 Å². The van der Waals surface area contributed by atoms with Crippen LogP contribution >= 0.6 is 23.2 Å². The zero-order valence-corrected chi connectivity index (χ0v) is 12.4. The third-order valence-corrected chi connectivity index (χ3v) is 3.98. The van der Waals surface area contributed by atoms with Crippen molar-refractivity contribution in [2.75, 3.05) is 5.32 Å². The number of carbonyl (C=O) groups is 2. The Labute approximate surface area is 127 Å². The fourth-order valence-electron chi connectivity index (χ4n) is 2.27. The Morgan fingerprint density at radius 2 is 1.80 bits per heavy atom. The lowest BCUT2D eigenvalue weighted by Gasteiger charge is -2.12. The second kappa shape index (κ2) is 6.95. The average molecular weight is 315 g/mol. The summed E-state index contributed by atoms with van der Waals surface area (Å²) in [5.74, 6) is -0.603. The second-order valence-electron chi connectivity index (χ2n) is 4.90. The monoisotopic (exact) mass is 314 g/mol. The summed E-state index contributed by atoms with van der Waals surface area (Å²) in [6, 6.07) is 5.01. The van der Waals surface area contributed by atoms with Crippen molar-refractivity contribution in [1.29, 1.82) is 0 Å². The van der Waals surface area contributed by atoms with Gasteiger partial charge in [0.2, 0.25) is 11.8 Å². The molecule has 20 heavy (non-hydrogen) atoms. The van der Waals surface area contributed by atoms with E-state index in [1.54, 1.807) is 18.2 Å². The van der Waals surface area contributed by atoms with E-state index in [9.17, 15) is 9.59 Å². The molecule has 1 saturated carbocycles. The van der Waals surface area contributed by atoms with Gasteiger partial charge in [0.1, 0.15) is 6.42 Å². The molecule has 0 unspecified atom stereocenters. The second-order valence-corrected chi connectivity index (χ2v) is 5.72. The molecule has 2 N–H and O–H groups in total. The van der Waals surface area contributed by atoms with E-state index in [4.69, 9.17) is 23.2 Å². The fraction of sp³-hybridized carbons (Fsp3) is 0.429. The lowest BCUT2D eigenvalue weighted by Crippen LogP contribution is -2.35. The van der Waals surface area contributed by atoms with Crippen molar-refractivity contribution in [1.82, 2.24) is 5.32 Å². The van der Waals surface area contributed by atoms with Crippen LogP contribution in [0, 0.1) is 0 Å². The summed E-state index contributed by atoms with van der Waals surface area (Å²) in [5.41, 5.74) is 0.526. The summed E-state index contributed by atoms with van der Waals surface area (Å²) in [5, 5.41) is 6.27. The molecule has 4 nitrogen and oxygen atoms in total. The fourth-order valence-corrected chi connectivity index (χ4v) is 2.57. The van der Waals surface area contributed by atoms with Crippen molar-refractivity contribution in [3.05, 3.63) is 28.2 Å². The number of benzene rings is 1. The Hall–Kier alpha value is -1.26. The third-order valence-electron chi connectivity index (χ3n) is 3.24. The molecule has 0 saturated heterocycles. The first-order valence-corrected chi connectivity index (χ1v) is 7.34. The molecular weight excluding hydrogens is 299 g/mol. The van der Waals surface area contributed by atoms with Crippen LogP contribution < -0.4 is 10.6 Å². The van der Waals surface area contributed by atoms with Crippen molar-refractivity contribution in [3.63, 3.8) is 0 Å². The Morgan fingerprint density at radius 3 is 2.45 bits per heavy atom. The molecule has 108 valence electrons. The molecule has 0 heterocycles. The summed E-state index contributed by atoms with van der Waals surface area (Å²) in [7, 11) is 0. The predicted octanol–water partition coefficient (Wildman–Crippen LogP) is 3.38. The molecule has 1 aromatic rings. The molecule has 1 fully saturated rings. The number of halogens is 2. The smallest absolute Gasteiger partial charge is 0.233 e. The molecule has 1 aliphatic carbocycles.